The largest absolute Gasteiger partial charge is 0.497 e. The number of benzene rings is 2. The Labute approximate surface area is 192 Å². The highest BCUT2D eigenvalue weighted by molar-refractivity contribution is 5.86. The number of H-pyrrole nitrogens is 1. The number of aromatic nitrogens is 2. The van der Waals surface area contributed by atoms with Crippen LogP contribution in [0.15, 0.2) is 73.1 Å². The van der Waals surface area contributed by atoms with E-state index < -0.39 is 5.97 Å². The van der Waals surface area contributed by atoms with Gasteiger partial charge in [-0.2, -0.15) is 0 Å². The average molecular weight is 446 g/mol. The molecule has 0 fully saturated rings. The summed E-state index contributed by atoms with van der Waals surface area (Å²) in [5.74, 6) is 1.25. The number of carboxylic acid groups (broad SMARTS) is 1. The molecule has 0 aliphatic rings. The van der Waals surface area contributed by atoms with E-state index in [2.05, 4.69) is 15.3 Å². The first kappa shape index (κ1) is 22.2. The van der Waals surface area contributed by atoms with E-state index in [9.17, 15) is 9.90 Å². The molecule has 33 heavy (non-hydrogen) atoms. The normalized spacial score (nSPS) is 11.8. The van der Waals surface area contributed by atoms with Crippen molar-refractivity contribution in [2.75, 3.05) is 25.6 Å². The second-order valence-corrected chi connectivity index (χ2v) is 7.72. The predicted octanol–water partition coefficient (Wildman–Crippen LogP) is 5.06. The first-order valence-corrected chi connectivity index (χ1v) is 10.9. The van der Waals surface area contributed by atoms with Crippen molar-refractivity contribution in [1.29, 1.82) is 0 Å². The highest BCUT2D eigenvalue weighted by Gasteiger charge is 2.21. The number of carboxylic acids is 1. The van der Waals surface area contributed by atoms with Gasteiger partial charge in [-0.3, -0.25) is 4.79 Å². The monoisotopic (exact) mass is 445 g/mol. The van der Waals surface area contributed by atoms with Gasteiger partial charge in [0, 0.05) is 41.8 Å². The van der Waals surface area contributed by atoms with Crippen molar-refractivity contribution in [2.24, 2.45) is 0 Å². The Balaban J connectivity index is 1.43. The fourth-order valence-corrected chi connectivity index (χ4v) is 3.87. The molecule has 0 amide bonds. The average Bonchev–Trinajstić information content (AvgIpc) is 3.26. The zero-order valence-electron chi connectivity index (χ0n) is 18.5. The van der Waals surface area contributed by atoms with Gasteiger partial charge in [-0.15, -0.1) is 0 Å². The third kappa shape index (κ3) is 5.63. The van der Waals surface area contributed by atoms with Crippen molar-refractivity contribution < 1.29 is 19.4 Å². The summed E-state index contributed by atoms with van der Waals surface area (Å²) in [6, 6.07) is 19.2. The molecule has 7 heteroatoms. The number of anilines is 1. The van der Waals surface area contributed by atoms with Crippen LogP contribution in [0, 0.1) is 0 Å². The number of hydrogen-bond acceptors (Lipinski definition) is 5. The minimum Gasteiger partial charge on any atom is -0.497 e. The molecule has 0 radical (unpaired) electrons. The van der Waals surface area contributed by atoms with E-state index in [4.69, 9.17) is 9.47 Å². The zero-order chi connectivity index (χ0) is 23.0. The van der Waals surface area contributed by atoms with Crippen LogP contribution in [0.4, 0.5) is 5.82 Å². The Bertz CT molecular complexity index is 1190. The number of nitrogens with one attached hydrogen (secondary N) is 2. The maximum atomic E-state index is 11.6. The number of pyridine rings is 1. The Hall–Kier alpha value is -4.00. The Morgan fingerprint density at radius 2 is 1.94 bits per heavy atom. The van der Waals surface area contributed by atoms with Crippen molar-refractivity contribution in [2.45, 2.75) is 18.8 Å². The molecule has 3 N–H and O–H groups in total. The number of methoxy groups -OCH3 is 1. The fourth-order valence-electron chi connectivity index (χ4n) is 3.87. The first-order chi connectivity index (χ1) is 16.1. The van der Waals surface area contributed by atoms with Gasteiger partial charge in [-0.1, -0.05) is 18.2 Å². The Kier molecular flexibility index (Phi) is 7.09. The highest BCUT2D eigenvalue weighted by atomic mass is 16.5. The molecule has 170 valence electrons. The third-order valence-corrected chi connectivity index (χ3v) is 5.52. The minimum absolute atomic E-state index is 0.000799. The third-order valence-electron chi connectivity index (χ3n) is 5.52. The second-order valence-electron chi connectivity index (χ2n) is 7.72. The van der Waals surface area contributed by atoms with E-state index >= 15 is 0 Å². The van der Waals surface area contributed by atoms with Crippen LogP contribution in [0.3, 0.4) is 0 Å². The first-order valence-electron chi connectivity index (χ1n) is 10.9. The van der Waals surface area contributed by atoms with Gasteiger partial charge in [0.05, 0.1) is 20.1 Å². The van der Waals surface area contributed by atoms with Gasteiger partial charge in [0.2, 0.25) is 0 Å². The van der Waals surface area contributed by atoms with Gasteiger partial charge in [-0.05, 0) is 53.9 Å². The van der Waals surface area contributed by atoms with Gasteiger partial charge in [0.15, 0.2) is 0 Å². The number of fused-ring (bicyclic) bond motifs is 1. The quantitative estimate of drug-likeness (QED) is 0.279. The molecule has 0 bridgehead atoms. The Morgan fingerprint density at radius 1 is 1.12 bits per heavy atom. The molecular formula is C26H27N3O4. The van der Waals surface area contributed by atoms with Crippen LogP contribution < -0.4 is 14.8 Å². The summed E-state index contributed by atoms with van der Waals surface area (Å²) in [6.07, 6.45) is 4.49. The van der Waals surface area contributed by atoms with Crippen molar-refractivity contribution >= 4 is 22.7 Å². The SMILES string of the molecule is COc1ccc(C(CC(=O)O)c2c[nH]c3cc(OCCCNc4ccccn4)ccc23)cc1. The lowest BCUT2D eigenvalue weighted by molar-refractivity contribution is -0.137. The van der Waals surface area contributed by atoms with E-state index in [0.717, 1.165) is 52.3 Å². The molecule has 2 heterocycles. The van der Waals surface area contributed by atoms with Gasteiger partial charge < -0.3 is 24.9 Å². The van der Waals surface area contributed by atoms with Crippen LogP contribution in [0.25, 0.3) is 10.9 Å². The number of carbonyl (C=O) groups is 1. The lowest BCUT2D eigenvalue weighted by atomic mass is 9.88. The van der Waals surface area contributed by atoms with Gasteiger partial charge in [0.1, 0.15) is 17.3 Å². The summed E-state index contributed by atoms with van der Waals surface area (Å²) in [5, 5.41) is 13.8. The van der Waals surface area contributed by atoms with Crippen molar-refractivity contribution in [3.8, 4) is 11.5 Å². The molecule has 0 saturated carbocycles. The number of ether oxygens (including phenoxy) is 2. The smallest absolute Gasteiger partial charge is 0.304 e. The maximum absolute atomic E-state index is 11.6. The molecule has 2 aromatic heterocycles. The van der Waals surface area contributed by atoms with E-state index in [1.165, 1.54) is 0 Å². The van der Waals surface area contributed by atoms with Crippen molar-refractivity contribution in [1.82, 2.24) is 9.97 Å². The molecule has 0 spiro atoms. The van der Waals surface area contributed by atoms with Crippen LogP contribution >= 0.6 is 0 Å². The summed E-state index contributed by atoms with van der Waals surface area (Å²) in [6.45, 7) is 1.34. The summed E-state index contributed by atoms with van der Waals surface area (Å²) in [5.41, 5.74) is 2.79. The molecule has 4 aromatic rings. The highest BCUT2D eigenvalue weighted by Crippen LogP contribution is 2.35. The number of aromatic amines is 1. The molecule has 7 nitrogen and oxygen atoms in total. The number of aliphatic carboxylic acids is 1. The number of nitrogens with zero attached hydrogens (tertiary/aromatic N) is 1. The van der Waals surface area contributed by atoms with Crippen LogP contribution in [-0.4, -0.2) is 41.3 Å². The molecule has 1 atom stereocenters. The molecule has 1 unspecified atom stereocenters. The van der Waals surface area contributed by atoms with Crippen LogP contribution in [0.2, 0.25) is 0 Å². The van der Waals surface area contributed by atoms with Crippen molar-refractivity contribution in [3.63, 3.8) is 0 Å². The van der Waals surface area contributed by atoms with Gasteiger partial charge >= 0.3 is 5.97 Å². The summed E-state index contributed by atoms with van der Waals surface area (Å²) in [7, 11) is 1.61. The number of hydrogen-bond donors (Lipinski definition) is 3. The lowest BCUT2D eigenvalue weighted by Crippen LogP contribution is -2.08. The number of rotatable bonds is 11. The molecular weight excluding hydrogens is 418 g/mol. The van der Waals surface area contributed by atoms with E-state index in [1.807, 2.05) is 66.9 Å². The topological polar surface area (TPSA) is 96.5 Å². The summed E-state index contributed by atoms with van der Waals surface area (Å²) >= 11 is 0. The lowest BCUT2D eigenvalue weighted by Gasteiger charge is -2.16. The summed E-state index contributed by atoms with van der Waals surface area (Å²) in [4.78, 5) is 19.1. The van der Waals surface area contributed by atoms with Crippen LogP contribution in [0.1, 0.15) is 29.9 Å². The molecule has 0 saturated heterocycles. The molecule has 0 aliphatic heterocycles. The van der Waals surface area contributed by atoms with Gasteiger partial charge in [0.25, 0.3) is 0 Å². The maximum Gasteiger partial charge on any atom is 0.304 e. The second kappa shape index (κ2) is 10.5. The van der Waals surface area contributed by atoms with Gasteiger partial charge in [-0.25, -0.2) is 4.98 Å². The zero-order valence-corrected chi connectivity index (χ0v) is 18.5. The van der Waals surface area contributed by atoms with E-state index in [-0.39, 0.29) is 12.3 Å². The van der Waals surface area contributed by atoms with E-state index in [0.29, 0.717) is 6.61 Å². The van der Waals surface area contributed by atoms with Crippen LogP contribution in [0.5, 0.6) is 11.5 Å². The Morgan fingerprint density at radius 3 is 2.67 bits per heavy atom. The predicted molar refractivity (Wildman–Crippen MR) is 128 cm³/mol. The fraction of sp³-hybridized carbons (Fsp3) is 0.231. The van der Waals surface area contributed by atoms with Crippen molar-refractivity contribution in [3.05, 3.63) is 84.2 Å². The standard InChI is InChI=1S/C26H27N3O4/c1-32-19-8-6-18(7-9-19)22(16-26(30)31)23-17-29-24-15-20(10-11-21(23)24)33-14-4-13-28-25-5-2-3-12-27-25/h2-3,5-12,15,17,22,29H,4,13-14,16H2,1H3,(H,27,28)(H,30,31). The van der Waals surface area contributed by atoms with E-state index in [1.54, 1.807) is 13.3 Å². The molecule has 0 aliphatic carbocycles. The molecule has 2 aromatic carbocycles. The summed E-state index contributed by atoms with van der Waals surface area (Å²) < 4.78 is 11.1. The molecule has 4 rings (SSSR count). The minimum atomic E-state index is -0.843. The van der Waals surface area contributed by atoms with Crippen LogP contribution in [-0.2, 0) is 4.79 Å².